The van der Waals surface area contributed by atoms with Crippen LogP contribution in [0.4, 0.5) is 0 Å². The van der Waals surface area contributed by atoms with E-state index >= 15 is 0 Å². The first-order valence-corrected chi connectivity index (χ1v) is 6.91. The van der Waals surface area contributed by atoms with Gasteiger partial charge in [0.25, 0.3) is 0 Å². The summed E-state index contributed by atoms with van der Waals surface area (Å²) < 4.78 is 0. The van der Waals surface area contributed by atoms with Crippen LogP contribution in [0.2, 0.25) is 0 Å². The molecule has 17 heavy (non-hydrogen) atoms. The van der Waals surface area contributed by atoms with Gasteiger partial charge in [0.05, 0.1) is 6.42 Å². The summed E-state index contributed by atoms with van der Waals surface area (Å²) in [7, 11) is 0. The Morgan fingerprint density at radius 1 is 1.41 bits per heavy atom. The molecule has 1 N–H and O–H groups in total. The predicted octanol–water partition coefficient (Wildman–Crippen LogP) is 3.00. The molecule has 96 valence electrons. The molecule has 0 fully saturated rings. The largest absolute Gasteiger partial charge is 0.481 e. The van der Waals surface area contributed by atoms with Crippen molar-refractivity contribution in [3.63, 3.8) is 0 Å². The lowest BCUT2D eigenvalue weighted by molar-refractivity contribution is -0.138. The van der Waals surface area contributed by atoms with Gasteiger partial charge in [0.15, 0.2) is 0 Å². The minimum Gasteiger partial charge on any atom is -0.481 e. The number of carboxylic acids is 1. The fourth-order valence-corrected chi connectivity index (χ4v) is 2.84. The van der Waals surface area contributed by atoms with Crippen LogP contribution in [0, 0.1) is 0 Å². The fourth-order valence-electron chi connectivity index (χ4n) is 1.86. The summed E-state index contributed by atoms with van der Waals surface area (Å²) in [5.74, 6) is -0.726. The lowest BCUT2D eigenvalue weighted by Crippen LogP contribution is -2.33. The summed E-state index contributed by atoms with van der Waals surface area (Å²) in [4.78, 5) is 15.6. The van der Waals surface area contributed by atoms with Gasteiger partial charge in [0, 0.05) is 22.3 Å². The topological polar surface area (TPSA) is 40.5 Å². The summed E-state index contributed by atoms with van der Waals surface area (Å²) >= 11 is 1.82. The Morgan fingerprint density at radius 3 is 2.53 bits per heavy atom. The Labute approximate surface area is 107 Å². The summed E-state index contributed by atoms with van der Waals surface area (Å²) in [5, 5.41) is 8.81. The number of aryl methyl sites for hydroxylation is 1. The molecule has 4 heteroatoms. The molecule has 0 amide bonds. The van der Waals surface area contributed by atoms with E-state index in [-0.39, 0.29) is 12.5 Å². The second kappa shape index (κ2) is 6.77. The highest BCUT2D eigenvalue weighted by molar-refractivity contribution is 7.11. The predicted molar refractivity (Wildman–Crippen MR) is 71.5 cm³/mol. The van der Waals surface area contributed by atoms with E-state index in [1.54, 1.807) is 0 Å². The molecule has 1 atom stereocenters. The van der Waals surface area contributed by atoms with Crippen molar-refractivity contribution < 1.29 is 9.90 Å². The van der Waals surface area contributed by atoms with Crippen molar-refractivity contribution in [1.82, 2.24) is 4.90 Å². The molecule has 0 aliphatic rings. The van der Waals surface area contributed by atoms with Crippen LogP contribution in [0.5, 0.6) is 0 Å². The minimum atomic E-state index is -0.726. The number of hydrogen-bond donors (Lipinski definition) is 1. The van der Waals surface area contributed by atoms with Crippen molar-refractivity contribution in [2.75, 3.05) is 6.54 Å². The molecule has 1 heterocycles. The highest BCUT2D eigenvalue weighted by Crippen LogP contribution is 2.20. The summed E-state index contributed by atoms with van der Waals surface area (Å²) in [6.45, 7) is 7.95. The van der Waals surface area contributed by atoms with Crippen molar-refractivity contribution in [3.8, 4) is 0 Å². The van der Waals surface area contributed by atoms with E-state index in [4.69, 9.17) is 5.11 Å². The van der Waals surface area contributed by atoms with E-state index in [0.29, 0.717) is 0 Å². The average Bonchev–Trinajstić information content (AvgIpc) is 2.72. The highest BCUT2D eigenvalue weighted by Gasteiger charge is 2.16. The van der Waals surface area contributed by atoms with Gasteiger partial charge in [-0.05, 0) is 32.0 Å². The Morgan fingerprint density at radius 2 is 2.06 bits per heavy atom. The van der Waals surface area contributed by atoms with Gasteiger partial charge in [-0.25, -0.2) is 0 Å². The quantitative estimate of drug-likeness (QED) is 0.814. The molecule has 0 aliphatic carbocycles. The van der Waals surface area contributed by atoms with E-state index < -0.39 is 5.97 Å². The normalized spacial score (nSPS) is 12.9. The Hall–Kier alpha value is -0.870. The van der Waals surface area contributed by atoms with Crippen LogP contribution >= 0.6 is 11.3 Å². The van der Waals surface area contributed by atoms with Crippen molar-refractivity contribution >= 4 is 17.3 Å². The lowest BCUT2D eigenvalue weighted by atomic mass is 10.2. The van der Waals surface area contributed by atoms with Crippen LogP contribution < -0.4 is 0 Å². The third-order valence-electron chi connectivity index (χ3n) is 2.92. The first-order valence-electron chi connectivity index (χ1n) is 6.10. The second-order valence-corrected chi connectivity index (χ2v) is 5.48. The molecule has 0 aliphatic heterocycles. The maximum atomic E-state index is 10.7. The van der Waals surface area contributed by atoms with Crippen LogP contribution in [0.3, 0.4) is 0 Å². The van der Waals surface area contributed by atoms with E-state index in [2.05, 4.69) is 30.9 Å². The maximum absolute atomic E-state index is 10.7. The summed E-state index contributed by atoms with van der Waals surface area (Å²) in [6, 6.07) is 4.40. The van der Waals surface area contributed by atoms with Gasteiger partial charge in [0.1, 0.15) is 0 Å². The van der Waals surface area contributed by atoms with Gasteiger partial charge in [-0.15, -0.1) is 11.3 Å². The van der Waals surface area contributed by atoms with Crippen molar-refractivity contribution in [1.29, 1.82) is 0 Å². The molecular weight excluding hydrogens is 234 g/mol. The molecule has 1 aromatic rings. The van der Waals surface area contributed by atoms with Crippen LogP contribution in [0.1, 0.15) is 36.9 Å². The SMILES string of the molecule is CCc1ccc(CN(CC)C(C)CC(=O)O)s1. The number of rotatable bonds is 7. The second-order valence-electron chi connectivity index (χ2n) is 4.23. The third-order valence-corrected chi connectivity index (χ3v) is 4.14. The molecule has 0 aromatic carbocycles. The van der Waals surface area contributed by atoms with Crippen molar-refractivity contribution in [3.05, 3.63) is 21.9 Å². The number of carbonyl (C=O) groups is 1. The molecule has 0 radical (unpaired) electrons. The molecule has 1 rings (SSSR count). The summed E-state index contributed by atoms with van der Waals surface area (Å²) in [6.07, 6.45) is 1.28. The van der Waals surface area contributed by atoms with Crippen molar-refractivity contribution in [2.24, 2.45) is 0 Å². The van der Waals surface area contributed by atoms with Gasteiger partial charge in [-0.2, -0.15) is 0 Å². The average molecular weight is 255 g/mol. The molecule has 0 bridgehead atoms. The van der Waals surface area contributed by atoms with Crippen LogP contribution in [0.15, 0.2) is 12.1 Å². The zero-order valence-electron chi connectivity index (χ0n) is 10.8. The molecule has 0 spiro atoms. The van der Waals surface area contributed by atoms with Gasteiger partial charge in [-0.3, -0.25) is 9.69 Å². The molecular formula is C13H21NO2S. The summed E-state index contributed by atoms with van der Waals surface area (Å²) in [5.41, 5.74) is 0. The van der Waals surface area contributed by atoms with E-state index in [1.807, 2.05) is 18.3 Å². The molecule has 1 aromatic heterocycles. The highest BCUT2D eigenvalue weighted by atomic mass is 32.1. The first-order chi connectivity index (χ1) is 8.06. The van der Waals surface area contributed by atoms with E-state index in [1.165, 1.54) is 9.75 Å². The van der Waals surface area contributed by atoms with Crippen molar-refractivity contribution in [2.45, 2.75) is 46.2 Å². The zero-order chi connectivity index (χ0) is 12.8. The van der Waals surface area contributed by atoms with E-state index in [0.717, 1.165) is 19.5 Å². The molecule has 3 nitrogen and oxygen atoms in total. The van der Waals surface area contributed by atoms with Crippen LogP contribution in [0.25, 0.3) is 0 Å². The third kappa shape index (κ3) is 4.48. The molecule has 0 saturated heterocycles. The first kappa shape index (κ1) is 14.2. The fraction of sp³-hybridized carbons (Fsp3) is 0.615. The standard InChI is InChI=1S/C13H21NO2S/c1-4-11-6-7-12(17-11)9-14(5-2)10(3)8-13(15)16/h6-7,10H,4-5,8-9H2,1-3H3,(H,15,16). The van der Waals surface area contributed by atoms with Crippen LogP contribution in [-0.2, 0) is 17.8 Å². The zero-order valence-corrected chi connectivity index (χ0v) is 11.6. The minimum absolute atomic E-state index is 0.0877. The molecule has 0 saturated carbocycles. The lowest BCUT2D eigenvalue weighted by Gasteiger charge is -2.26. The van der Waals surface area contributed by atoms with Crippen LogP contribution in [-0.4, -0.2) is 28.6 Å². The number of hydrogen-bond acceptors (Lipinski definition) is 3. The Bertz CT molecular complexity index is 362. The number of carboxylic acid groups (broad SMARTS) is 1. The van der Waals surface area contributed by atoms with E-state index in [9.17, 15) is 4.79 Å². The molecule has 1 unspecified atom stereocenters. The van der Waals surface area contributed by atoms with Gasteiger partial charge in [-0.1, -0.05) is 13.8 Å². The Balaban J connectivity index is 2.59. The Kier molecular flexibility index (Phi) is 5.65. The van der Waals surface area contributed by atoms with Gasteiger partial charge >= 0.3 is 5.97 Å². The maximum Gasteiger partial charge on any atom is 0.304 e. The monoisotopic (exact) mass is 255 g/mol. The number of thiophene rings is 1. The number of nitrogens with zero attached hydrogens (tertiary/aromatic N) is 1. The smallest absolute Gasteiger partial charge is 0.304 e. The number of aliphatic carboxylic acids is 1. The van der Waals surface area contributed by atoms with Gasteiger partial charge < -0.3 is 5.11 Å². The van der Waals surface area contributed by atoms with Gasteiger partial charge in [0.2, 0.25) is 0 Å².